The first-order chi connectivity index (χ1) is 20.9. The molecule has 3 saturated heterocycles. The van der Waals surface area contributed by atoms with Gasteiger partial charge in [0.25, 0.3) is 0 Å². The number of benzene rings is 1. The van der Waals surface area contributed by atoms with Crippen LogP contribution in [0.1, 0.15) is 63.4 Å². The molecule has 0 bridgehead atoms. The molecule has 1 aromatic carbocycles. The first kappa shape index (κ1) is 31.4. The molecule has 6 rings (SSSR count). The Morgan fingerprint density at radius 3 is 2.27 bits per heavy atom. The van der Waals surface area contributed by atoms with E-state index in [4.69, 9.17) is 0 Å². The molecule has 4 fully saturated rings. The summed E-state index contributed by atoms with van der Waals surface area (Å²) in [5, 5.41) is 0. The van der Waals surface area contributed by atoms with Crippen LogP contribution in [-0.2, 0) is 26.0 Å². The van der Waals surface area contributed by atoms with Crippen molar-refractivity contribution < 1.29 is 26.8 Å². The molecule has 44 heavy (non-hydrogen) atoms. The number of hydrogen-bond donors (Lipinski definition) is 0. The van der Waals surface area contributed by atoms with Gasteiger partial charge in [0.15, 0.2) is 9.84 Å². The van der Waals surface area contributed by atoms with Gasteiger partial charge in [0.05, 0.1) is 10.3 Å². The molecule has 1 saturated carbocycles. The number of likely N-dealkylation sites (tertiary alicyclic amines) is 3. The molecule has 1 spiro atoms. The van der Waals surface area contributed by atoms with Crippen LogP contribution in [0.5, 0.6) is 0 Å². The monoisotopic (exact) mass is 629 g/mol. The molecule has 2 aliphatic carbocycles. The lowest BCUT2D eigenvalue weighted by Gasteiger charge is -2.39. The fraction of sp³-hybridized carbons (Fsp3) is 0.647. The van der Waals surface area contributed by atoms with Gasteiger partial charge in [-0.15, -0.1) is 0 Å². The Morgan fingerprint density at radius 1 is 0.955 bits per heavy atom. The molecule has 5 aliphatic rings. The van der Waals surface area contributed by atoms with Crippen molar-refractivity contribution in [2.24, 2.45) is 23.2 Å². The number of carbonyl (C=O) groups is 2. The average molecular weight is 630 g/mol. The van der Waals surface area contributed by atoms with Crippen molar-refractivity contribution in [2.45, 2.75) is 75.2 Å². The van der Waals surface area contributed by atoms with Crippen molar-refractivity contribution >= 4 is 21.7 Å². The van der Waals surface area contributed by atoms with Gasteiger partial charge in [-0.05, 0) is 87.2 Å². The summed E-state index contributed by atoms with van der Waals surface area (Å²) in [4.78, 5) is 33.7. The molecule has 2 atom stereocenters. The SMILES string of the molecule is CS(=O)(=O)c1ccc(CN2CCC3(CCN(C[C@H]4CN(C(=O)C5CCC(F)(F)CC5)C[C@@H]4C4=CCCC=C4)CC3)C2=O)cc1. The van der Waals surface area contributed by atoms with E-state index in [1.54, 1.807) is 24.3 Å². The maximum atomic E-state index is 13.8. The third-order valence-corrected chi connectivity index (χ3v) is 12.0. The Balaban J connectivity index is 1.06. The van der Waals surface area contributed by atoms with Crippen molar-refractivity contribution in [2.75, 3.05) is 45.5 Å². The topological polar surface area (TPSA) is 78.0 Å². The highest BCUT2D eigenvalue weighted by atomic mass is 32.2. The van der Waals surface area contributed by atoms with E-state index < -0.39 is 15.8 Å². The lowest BCUT2D eigenvalue weighted by molar-refractivity contribution is -0.140. The summed E-state index contributed by atoms with van der Waals surface area (Å²) in [5.41, 5.74) is 1.89. The molecule has 3 aliphatic heterocycles. The van der Waals surface area contributed by atoms with E-state index in [1.165, 1.54) is 11.8 Å². The number of carbonyl (C=O) groups excluding carboxylic acids is 2. The van der Waals surface area contributed by atoms with Crippen LogP contribution in [0.25, 0.3) is 0 Å². The van der Waals surface area contributed by atoms with Gasteiger partial charge in [-0.25, -0.2) is 17.2 Å². The Kier molecular flexibility index (Phi) is 8.78. The van der Waals surface area contributed by atoms with E-state index in [0.29, 0.717) is 26.2 Å². The second-order valence-corrected chi connectivity index (χ2v) is 15.9. The number of rotatable bonds is 7. The predicted molar refractivity (Wildman–Crippen MR) is 165 cm³/mol. The second kappa shape index (κ2) is 12.3. The zero-order chi connectivity index (χ0) is 31.1. The minimum absolute atomic E-state index is 0.0496. The molecule has 7 nitrogen and oxygen atoms in total. The van der Waals surface area contributed by atoms with Gasteiger partial charge in [0.1, 0.15) is 0 Å². The van der Waals surface area contributed by atoms with Crippen LogP contribution >= 0.6 is 0 Å². The standard InChI is InChI=1S/C34H45F2N3O4S/c1-44(42,43)29-9-7-25(8-10-29)21-38-20-17-33(32(38)41)15-18-37(19-16-33)22-28-23-39(24-30(28)26-5-3-2-4-6-26)31(40)27-11-13-34(35,36)14-12-27/h3,5-10,27-28,30H,2,4,11-24H2,1H3/t28-,30+/m0/s1. The Hall–Kier alpha value is -2.59. The quantitative estimate of drug-likeness (QED) is 0.421. The maximum Gasteiger partial charge on any atom is 0.248 e. The Bertz CT molecular complexity index is 1410. The number of allylic oxidation sites excluding steroid dienone is 3. The van der Waals surface area contributed by atoms with Gasteiger partial charge in [-0.1, -0.05) is 30.4 Å². The fourth-order valence-electron chi connectivity index (χ4n) is 8.13. The molecular formula is C34H45F2N3O4S. The third-order valence-electron chi connectivity index (χ3n) is 10.9. The lowest BCUT2D eigenvalue weighted by atomic mass is 9.76. The van der Waals surface area contributed by atoms with Crippen molar-refractivity contribution in [3.63, 3.8) is 0 Å². The first-order valence-corrected chi connectivity index (χ1v) is 18.2. The molecule has 240 valence electrons. The number of halogens is 2. The number of piperidine rings is 1. The van der Waals surface area contributed by atoms with Crippen LogP contribution in [0.2, 0.25) is 0 Å². The average Bonchev–Trinajstić information content (AvgIpc) is 3.55. The molecule has 10 heteroatoms. The van der Waals surface area contributed by atoms with Crippen LogP contribution in [-0.4, -0.2) is 86.4 Å². The number of amides is 2. The summed E-state index contributed by atoms with van der Waals surface area (Å²) in [5.74, 6) is -2.16. The molecule has 3 heterocycles. The number of hydrogen-bond acceptors (Lipinski definition) is 5. The van der Waals surface area contributed by atoms with Crippen molar-refractivity contribution in [1.29, 1.82) is 0 Å². The van der Waals surface area contributed by atoms with E-state index >= 15 is 0 Å². The summed E-state index contributed by atoms with van der Waals surface area (Å²) in [6, 6.07) is 6.81. The van der Waals surface area contributed by atoms with Gasteiger partial charge in [0, 0.05) is 63.7 Å². The first-order valence-electron chi connectivity index (χ1n) is 16.3. The van der Waals surface area contributed by atoms with Gasteiger partial charge in [-0.3, -0.25) is 9.59 Å². The molecule has 0 radical (unpaired) electrons. The van der Waals surface area contributed by atoms with Crippen LogP contribution in [0.4, 0.5) is 8.78 Å². The van der Waals surface area contributed by atoms with Gasteiger partial charge >= 0.3 is 0 Å². The molecule has 0 N–H and O–H groups in total. The number of sulfone groups is 1. The second-order valence-electron chi connectivity index (χ2n) is 13.9. The maximum absolute atomic E-state index is 13.8. The van der Waals surface area contributed by atoms with Crippen molar-refractivity contribution in [3.8, 4) is 0 Å². The van der Waals surface area contributed by atoms with E-state index in [0.717, 1.165) is 57.3 Å². The van der Waals surface area contributed by atoms with Gasteiger partial charge in [-0.2, -0.15) is 0 Å². The van der Waals surface area contributed by atoms with Gasteiger partial charge < -0.3 is 14.7 Å². The highest BCUT2D eigenvalue weighted by molar-refractivity contribution is 7.90. The largest absolute Gasteiger partial charge is 0.341 e. The number of alkyl halides is 2. The summed E-state index contributed by atoms with van der Waals surface area (Å²) < 4.78 is 51.1. The normalized spacial score (nSPS) is 27.7. The van der Waals surface area contributed by atoms with Crippen molar-refractivity contribution in [1.82, 2.24) is 14.7 Å². The highest BCUT2D eigenvalue weighted by Gasteiger charge is 2.49. The van der Waals surface area contributed by atoms with E-state index in [9.17, 15) is 26.8 Å². The highest BCUT2D eigenvalue weighted by Crippen LogP contribution is 2.43. The zero-order valence-electron chi connectivity index (χ0n) is 25.7. The van der Waals surface area contributed by atoms with Gasteiger partial charge in [0.2, 0.25) is 17.7 Å². The molecule has 1 aromatic rings. The number of nitrogens with zero attached hydrogens (tertiary/aromatic N) is 3. The zero-order valence-corrected chi connectivity index (χ0v) is 26.5. The summed E-state index contributed by atoms with van der Waals surface area (Å²) >= 11 is 0. The third kappa shape index (κ3) is 6.66. The summed E-state index contributed by atoms with van der Waals surface area (Å²) in [6.45, 7) is 5.06. The molecular weight excluding hydrogens is 584 g/mol. The fourth-order valence-corrected chi connectivity index (χ4v) is 8.76. The smallest absolute Gasteiger partial charge is 0.248 e. The molecule has 2 amide bonds. The minimum atomic E-state index is -3.26. The Labute approximate surface area is 260 Å². The predicted octanol–water partition coefficient (Wildman–Crippen LogP) is 5.08. The van der Waals surface area contributed by atoms with E-state index in [2.05, 4.69) is 23.1 Å². The van der Waals surface area contributed by atoms with Crippen molar-refractivity contribution in [3.05, 3.63) is 53.6 Å². The molecule has 0 aromatic heterocycles. The Morgan fingerprint density at radius 2 is 1.64 bits per heavy atom. The summed E-state index contributed by atoms with van der Waals surface area (Å²) in [6.07, 6.45) is 12.6. The molecule has 0 unspecified atom stereocenters. The van der Waals surface area contributed by atoms with Crippen LogP contribution in [0.15, 0.2) is 53.0 Å². The van der Waals surface area contributed by atoms with Crippen LogP contribution in [0, 0.1) is 23.2 Å². The van der Waals surface area contributed by atoms with E-state index in [1.807, 2.05) is 9.80 Å². The van der Waals surface area contributed by atoms with Crippen LogP contribution in [0.3, 0.4) is 0 Å². The van der Waals surface area contributed by atoms with E-state index in [-0.39, 0.29) is 65.6 Å². The van der Waals surface area contributed by atoms with Crippen LogP contribution < -0.4 is 0 Å². The summed E-state index contributed by atoms with van der Waals surface area (Å²) in [7, 11) is -3.26. The minimum Gasteiger partial charge on any atom is -0.341 e. The lowest BCUT2D eigenvalue weighted by Crippen LogP contribution is -2.46.